The molecule has 0 bridgehead atoms. The van der Waals surface area contributed by atoms with Crippen LogP contribution in [-0.4, -0.2) is 20.8 Å². The van der Waals surface area contributed by atoms with Crippen molar-refractivity contribution in [1.29, 1.82) is 0 Å². The van der Waals surface area contributed by atoms with Gasteiger partial charge in [-0.25, -0.2) is 9.78 Å². The van der Waals surface area contributed by atoms with Crippen LogP contribution in [0.3, 0.4) is 0 Å². The number of oxazole rings is 1. The van der Waals surface area contributed by atoms with Gasteiger partial charge in [0.15, 0.2) is 6.39 Å². The van der Waals surface area contributed by atoms with Gasteiger partial charge < -0.3 is 9.73 Å². The highest BCUT2D eigenvalue weighted by Crippen LogP contribution is 2.09. The van der Waals surface area contributed by atoms with Gasteiger partial charge in [-0.05, 0) is 13.3 Å². The van der Waals surface area contributed by atoms with Crippen molar-refractivity contribution in [3.63, 3.8) is 0 Å². The molecule has 7 nitrogen and oxygen atoms in total. The summed E-state index contributed by atoms with van der Waals surface area (Å²) >= 11 is 0. The van der Waals surface area contributed by atoms with Crippen LogP contribution in [0.15, 0.2) is 16.9 Å². The third-order valence-electron chi connectivity index (χ3n) is 2.80. The molecule has 0 unspecified atom stereocenters. The lowest BCUT2D eigenvalue weighted by Crippen LogP contribution is -2.29. The van der Waals surface area contributed by atoms with E-state index in [0.29, 0.717) is 18.1 Å². The average Bonchev–Trinajstić information content (AvgIpc) is 2.94. The molecule has 0 fully saturated rings. The first-order valence-corrected chi connectivity index (χ1v) is 6.07. The van der Waals surface area contributed by atoms with Crippen LogP contribution in [0.25, 0.3) is 0 Å². The van der Waals surface area contributed by atoms with Crippen molar-refractivity contribution in [3.8, 4) is 0 Å². The minimum absolute atomic E-state index is 0.298. The summed E-state index contributed by atoms with van der Waals surface area (Å²) in [6.07, 6.45) is 2.19. The number of rotatable bonds is 4. The molecule has 0 saturated heterocycles. The highest BCUT2D eigenvalue weighted by Gasteiger charge is 2.09. The average molecular weight is 263 g/mol. The second-order valence-electron chi connectivity index (χ2n) is 4.16. The Morgan fingerprint density at radius 1 is 1.53 bits per heavy atom. The van der Waals surface area contributed by atoms with Crippen molar-refractivity contribution in [2.45, 2.75) is 26.8 Å². The van der Waals surface area contributed by atoms with E-state index in [2.05, 4.69) is 20.7 Å². The van der Waals surface area contributed by atoms with E-state index >= 15 is 0 Å². The van der Waals surface area contributed by atoms with E-state index in [0.717, 1.165) is 17.8 Å². The number of carbonyl (C=O) groups excluding carboxylic acids is 1. The van der Waals surface area contributed by atoms with Gasteiger partial charge in [0, 0.05) is 13.1 Å². The molecule has 2 rings (SSSR count). The fourth-order valence-corrected chi connectivity index (χ4v) is 1.64. The number of anilines is 1. The van der Waals surface area contributed by atoms with Crippen LogP contribution in [0.2, 0.25) is 0 Å². The fraction of sp³-hybridized carbons (Fsp3) is 0.417. The lowest BCUT2D eigenvalue weighted by molar-refractivity contribution is 0.251. The van der Waals surface area contributed by atoms with Gasteiger partial charge in [-0.1, -0.05) is 6.92 Å². The summed E-state index contributed by atoms with van der Waals surface area (Å²) < 4.78 is 6.69. The van der Waals surface area contributed by atoms with Gasteiger partial charge in [0.2, 0.25) is 0 Å². The van der Waals surface area contributed by atoms with Gasteiger partial charge in [0.1, 0.15) is 17.3 Å². The minimum Gasteiger partial charge on any atom is -0.448 e. The van der Waals surface area contributed by atoms with E-state index in [1.165, 1.54) is 6.39 Å². The van der Waals surface area contributed by atoms with Crippen LogP contribution in [0.1, 0.15) is 24.1 Å². The highest BCUT2D eigenvalue weighted by molar-refractivity contribution is 5.88. The highest BCUT2D eigenvalue weighted by atomic mass is 16.3. The van der Waals surface area contributed by atoms with E-state index in [-0.39, 0.29) is 6.03 Å². The van der Waals surface area contributed by atoms with E-state index in [1.54, 1.807) is 18.7 Å². The number of nitrogens with one attached hydrogen (secondary N) is 2. The van der Waals surface area contributed by atoms with Gasteiger partial charge in [-0.2, -0.15) is 5.10 Å². The van der Waals surface area contributed by atoms with Crippen molar-refractivity contribution < 1.29 is 9.21 Å². The molecule has 102 valence electrons. The maximum Gasteiger partial charge on any atom is 0.320 e. The van der Waals surface area contributed by atoms with E-state index in [1.807, 2.05) is 13.0 Å². The van der Waals surface area contributed by atoms with Crippen LogP contribution in [0.4, 0.5) is 10.6 Å². The number of hydrogen-bond acceptors (Lipinski definition) is 4. The standard InChI is InChI=1S/C12H17N5O2/c1-4-9-5-11(17(3)16-9)15-12(18)13-6-10-8(2)19-7-14-10/h5,7H,4,6H2,1-3H3,(H2,13,15,18). The monoisotopic (exact) mass is 263 g/mol. The lowest BCUT2D eigenvalue weighted by atomic mass is 10.3. The lowest BCUT2D eigenvalue weighted by Gasteiger charge is -2.06. The number of amides is 2. The normalized spacial score (nSPS) is 10.5. The molecule has 0 saturated carbocycles. The summed E-state index contributed by atoms with van der Waals surface area (Å²) in [5, 5.41) is 9.71. The quantitative estimate of drug-likeness (QED) is 0.877. The largest absolute Gasteiger partial charge is 0.448 e. The summed E-state index contributed by atoms with van der Waals surface area (Å²) in [5.74, 6) is 1.36. The number of hydrogen-bond donors (Lipinski definition) is 2. The number of nitrogens with zero attached hydrogens (tertiary/aromatic N) is 3. The van der Waals surface area contributed by atoms with Crippen LogP contribution in [-0.2, 0) is 20.0 Å². The van der Waals surface area contributed by atoms with Crippen LogP contribution < -0.4 is 10.6 Å². The molecule has 2 N–H and O–H groups in total. The number of carbonyl (C=O) groups is 1. The zero-order valence-corrected chi connectivity index (χ0v) is 11.2. The van der Waals surface area contributed by atoms with Crippen LogP contribution >= 0.6 is 0 Å². The van der Waals surface area contributed by atoms with Crippen molar-refractivity contribution in [1.82, 2.24) is 20.1 Å². The molecule has 2 heterocycles. The number of aromatic nitrogens is 3. The van der Waals surface area contributed by atoms with Crippen LogP contribution in [0, 0.1) is 6.92 Å². The van der Waals surface area contributed by atoms with Gasteiger partial charge in [-0.15, -0.1) is 0 Å². The Hall–Kier alpha value is -2.31. The Labute approximate surface area is 111 Å². The zero-order chi connectivity index (χ0) is 13.8. The molecule has 0 aliphatic carbocycles. The molecular formula is C12H17N5O2. The summed E-state index contributed by atoms with van der Waals surface area (Å²) in [6, 6.07) is 1.55. The summed E-state index contributed by atoms with van der Waals surface area (Å²) in [7, 11) is 1.79. The SMILES string of the molecule is CCc1cc(NC(=O)NCc2ncoc2C)n(C)n1. The van der Waals surface area contributed by atoms with Crippen molar-refractivity contribution in [2.24, 2.45) is 7.05 Å². The summed E-state index contributed by atoms with van der Waals surface area (Å²) in [5.41, 5.74) is 1.65. The molecule has 0 aliphatic rings. The molecule has 0 radical (unpaired) electrons. The Morgan fingerprint density at radius 3 is 2.89 bits per heavy atom. The fourth-order valence-electron chi connectivity index (χ4n) is 1.64. The Balaban J connectivity index is 1.90. The van der Waals surface area contributed by atoms with Gasteiger partial charge in [-0.3, -0.25) is 10.00 Å². The van der Waals surface area contributed by atoms with Crippen molar-refractivity contribution >= 4 is 11.8 Å². The smallest absolute Gasteiger partial charge is 0.320 e. The van der Waals surface area contributed by atoms with Gasteiger partial charge >= 0.3 is 6.03 Å². The predicted molar refractivity (Wildman–Crippen MR) is 69.7 cm³/mol. The first-order chi connectivity index (χ1) is 9.10. The summed E-state index contributed by atoms with van der Waals surface area (Å²) in [6.45, 7) is 4.14. The first kappa shape index (κ1) is 13.1. The molecule has 0 aliphatic heterocycles. The Kier molecular flexibility index (Phi) is 3.84. The third-order valence-corrected chi connectivity index (χ3v) is 2.80. The molecule has 19 heavy (non-hydrogen) atoms. The van der Waals surface area contributed by atoms with Gasteiger partial charge in [0.25, 0.3) is 0 Å². The second kappa shape index (κ2) is 5.55. The first-order valence-electron chi connectivity index (χ1n) is 6.07. The van der Waals surface area contributed by atoms with E-state index in [4.69, 9.17) is 4.42 Å². The molecule has 2 amide bonds. The predicted octanol–water partition coefficient (Wildman–Crippen LogP) is 1.60. The Bertz CT molecular complexity index is 572. The minimum atomic E-state index is -0.298. The molecule has 2 aromatic rings. The van der Waals surface area contributed by atoms with Crippen molar-refractivity contribution in [3.05, 3.63) is 29.6 Å². The number of aryl methyl sites for hydroxylation is 3. The zero-order valence-electron chi connectivity index (χ0n) is 11.2. The number of urea groups is 1. The van der Waals surface area contributed by atoms with Crippen molar-refractivity contribution in [2.75, 3.05) is 5.32 Å². The Morgan fingerprint density at radius 2 is 2.32 bits per heavy atom. The third kappa shape index (κ3) is 3.12. The maximum absolute atomic E-state index is 11.7. The molecule has 2 aromatic heterocycles. The molecule has 7 heteroatoms. The van der Waals surface area contributed by atoms with Gasteiger partial charge in [0.05, 0.1) is 12.2 Å². The van der Waals surface area contributed by atoms with Crippen LogP contribution in [0.5, 0.6) is 0 Å². The maximum atomic E-state index is 11.7. The second-order valence-corrected chi connectivity index (χ2v) is 4.16. The topological polar surface area (TPSA) is 85.0 Å². The molecular weight excluding hydrogens is 246 g/mol. The molecule has 0 aromatic carbocycles. The molecule has 0 atom stereocenters. The van der Waals surface area contributed by atoms with E-state index in [9.17, 15) is 4.79 Å². The summed E-state index contributed by atoms with van der Waals surface area (Å²) in [4.78, 5) is 15.8. The molecule has 0 spiro atoms. The van der Waals surface area contributed by atoms with E-state index < -0.39 is 0 Å².